The van der Waals surface area contributed by atoms with Gasteiger partial charge in [-0.3, -0.25) is 0 Å². The summed E-state index contributed by atoms with van der Waals surface area (Å²) in [6, 6.07) is 4.19. The highest BCUT2D eigenvalue weighted by molar-refractivity contribution is 8.13. The maximum Gasteiger partial charge on any atom is 0.265 e. The van der Waals surface area contributed by atoms with Crippen LogP contribution in [0.15, 0.2) is 17.0 Å². The van der Waals surface area contributed by atoms with Crippen molar-refractivity contribution < 1.29 is 13.5 Å². The van der Waals surface area contributed by atoms with Gasteiger partial charge in [0.15, 0.2) is 0 Å². The van der Waals surface area contributed by atoms with Crippen molar-refractivity contribution in [2.75, 3.05) is 0 Å². The van der Waals surface area contributed by atoms with Gasteiger partial charge in [0.05, 0.1) is 11.6 Å². The highest BCUT2D eigenvalue weighted by atomic mass is 35.7. The quantitative estimate of drug-likeness (QED) is 0.743. The number of phenolic OH excluding ortho intramolecular Hbond substituents is 1. The van der Waals surface area contributed by atoms with Crippen LogP contribution in [0.4, 0.5) is 0 Å². The van der Waals surface area contributed by atoms with E-state index in [2.05, 4.69) is 0 Å². The van der Waals surface area contributed by atoms with E-state index in [1.165, 1.54) is 13.0 Å². The zero-order valence-electron chi connectivity index (χ0n) is 7.15. The number of aryl methyl sites for hydroxylation is 1. The minimum absolute atomic E-state index is 0.184. The molecule has 0 radical (unpaired) electrons. The van der Waals surface area contributed by atoms with Crippen LogP contribution in [0, 0.1) is 18.3 Å². The van der Waals surface area contributed by atoms with Crippen LogP contribution in [0.5, 0.6) is 5.75 Å². The van der Waals surface area contributed by atoms with Crippen molar-refractivity contribution in [3.8, 4) is 11.8 Å². The molecule has 0 aliphatic heterocycles. The summed E-state index contributed by atoms with van der Waals surface area (Å²) in [5, 5.41) is 17.9. The van der Waals surface area contributed by atoms with E-state index >= 15 is 0 Å². The summed E-state index contributed by atoms with van der Waals surface area (Å²) in [6.45, 7) is 1.45. The molecular weight excluding hydrogens is 226 g/mol. The third-order valence-electron chi connectivity index (χ3n) is 1.63. The molecule has 0 aromatic heterocycles. The number of benzene rings is 1. The van der Waals surface area contributed by atoms with E-state index in [0.29, 0.717) is 0 Å². The van der Waals surface area contributed by atoms with Gasteiger partial charge in [0.1, 0.15) is 10.6 Å². The van der Waals surface area contributed by atoms with E-state index in [1.54, 1.807) is 6.07 Å². The molecule has 0 bridgehead atoms. The molecule has 4 nitrogen and oxygen atoms in total. The van der Waals surface area contributed by atoms with Crippen LogP contribution in [0.2, 0.25) is 0 Å². The Labute approximate surface area is 85.8 Å². The molecule has 0 heterocycles. The molecule has 14 heavy (non-hydrogen) atoms. The number of nitrogens with zero attached hydrogens (tertiary/aromatic N) is 1. The van der Waals surface area contributed by atoms with Crippen molar-refractivity contribution in [3.05, 3.63) is 23.3 Å². The number of aromatic hydroxyl groups is 1. The predicted octanol–water partition coefficient (Wildman–Crippen LogP) is 1.50. The van der Waals surface area contributed by atoms with Crippen molar-refractivity contribution >= 4 is 19.7 Å². The lowest BCUT2D eigenvalue weighted by Crippen LogP contribution is -1.96. The van der Waals surface area contributed by atoms with Crippen molar-refractivity contribution in [2.45, 2.75) is 11.8 Å². The van der Waals surface area contributed by atoms with E-state index in [-0.39, 0.29) is 16.0 Å². The van der Waals surface area contributed by atoms with Crippen molar-refractivity contribution in [2.24, 2.45) is 0 Å². The van der Waals surface area contributed by atoms with E-state index in [1.807, 2.05) is 0 Å². The predicted molar refractivity (Wildman–Crippen MR) is 50.6 cm³/mol. The maximum absolute atomic E-state index is 11.0. The Balaban J connectivity index is 3.59. The molecule has 0 atom stereocenters. The minimum atomic E-state index is -3.98. The highest BCUT2D eigenvalue weighted by Gasteiger charge is 2.19. The van der Waals surface area contributed by atoms with Crippen LogP contribution in [-0.4, -0.2) is 13.5 Å². The van der Waals surface area contributed by atoms with Gasteiger partial charge in [0.25, 0.3) is 9.05 Å². The molecule has 0 aliphatic rings. The fourth-order valence-corrected chi connectivity index (χ4v) is 2.49. The van der Waals surface area contributed by atoms with Crippen LogP contribution in [0.1, 0.15) is 11.1 Å². The second kappa shape index (κ2) is 3.48. The summed E-state index contributed by atoms with van der Waals surface area (Å²) in [4.78, 5) is -0.349. The van der Waals surface area contributed by atoms with Crippen LogP contribution < -0.4 is 0 Å². The third-order valence-corrected chi connectivity index (χ3v) is 3.11. The number of hydrogen-bond acceptors (Lipinski definition) is 4. The average Bonchev–Trinajstić information content (AvgIpc) is 1.99. The average molecular weight is 232 g/mol. The molecule has 1 N–H and O–H groups in total. The third kappa shape index (κ3) is 1.97. The van der Waals surface area contributed by atoms with E-state index in [9.17, 15) is 13.5 Å². The fraction of sp³-hybridized carbons (Fsp3) is 0.125. The van der Waals surface area contributed by atoms with E-state index in [4.69, 9.17) is 15.9 Å². The summed E-state index contributed by atoms with van der Waals surface area (Å²) in [7, 11) is 1.12. The molecule has 0 amide bonds. The fourth-order valence-electron chi connectivity index (χ4n) is 1.14. The van der Waals surface area contributed by atoms with Gasteiger partial charge in [0, 0.05) is 10.7 Å². The van der Waals surface area contributed by atoms with Crippen LogP contribution in [0.25, 0.3) is 0 Å². The largest absolute Gasteiger partial charge is 0.506 e. The molecule has 0 spiro atoms. The van der Waals surface area contributed by atoms with Gasteiger partial charge < -0.3 is 5.11 Å². The van der Waals surface area contributed by atoms with Gasteiger partial charge in [-0.25, -0.2) is 8.42 Å². The lowest BCUT2D eigenvalue weighted by Gasteiger charge is -2.04. The summed E-state index contributed by atoms with van der Waals surface area (Å²) >= 11 is 0. The lowest BCUT2D eigenvalue weighted by atomic mass is 10.1. The number of hydrogen-bond donors (Lipinski definition) is 1. The zero-order chi connectivity index (χ0) is 10.9. The van der Waals surface area contributed by atoms with Gasteiger partial charge in [-0.05, 0) is 24.6 Å². The molecular formula is C8H6ClNO3S. The Morgan fingerprint density at radius 1 is 1.50 bits per heavy atom. The first-order valence-corrected chi connectivity index (χ1v) is 5.85. The topological polar surface area (TPSA) is 78.2 Å². The Morgan fingerprint density at radius 2 is 2.07 bits per heavy atom. The van der Waals surface area contributed by atoms with E-state index < -0.39 is 14.8 Å². The molecule has 1 aromatic rings. The molecule has 1 rings (SSSR count). The van der Waals surface area contributed by atoms with Gasteiger partial charge in [-0.1, -0.05) is 0 Å². The zero-order valence-corrected chi connectivity index (χ0v) is 8.72. The van der Waals surface area contributed by atoms with Gasteiger partial charge in [-0.15, -0.1) is 0 Å². The Hall–Kier alpha value is -1.25. The summed E-state index contributed by atoms with van der Waals surface area (Å²) in [5.41, 5.74) is 0.431. The molecule has 0 saturated heterocycles. The first kappa shape index (κ1) is 10.8. The summed E-state index contributed by atoms with van der Waals surface area (Å²) in [6.07, 6.45) is 0. The molecule has 0 fully saturated rings. The smallest absolute Gasteiger partial charge is 0.265 e. The number of phenols is 1. The molecule has 0 unspecified atom stereocenters. The van der Waals surface area contributed by atoms with Gasteiger partial charge >= 0.3 is 0 Å². The highest BCUT2D eigenvalue weighted by Crippen LogP contribution is 2.30. The standard InChI is InChI=1S/C8H6ClNO3S/c1-5-2-6(4-10)3-7(11)8(5)14(9,12)13/h2-3,11H,1H3. The number of halogens is 1. The van der Waals surface area contributed by atoms with Crippen LogP contribution >= 0.6 is 10.7 Å². The molecule has 6 heteroatoms. The second-order valence-electron chi connectivity index (χ2n) is 2.69. The molecule has 74 valence electrons. The van der Waals surface area contributed by atoms with Crippen molar-refractivity contribution in [1.82, 2.24) is 0 Å². The van der Waals surface area contributed by atoms with Crippen molar-refractivity contribution in [3.63, 3.8) is 0 Å². The van der Waals surface area contributed by atoms with Crippen molar-refractivity contribution in [1.29, 1.82) is 5.26 Å². The van der Waals surface area contributed by atoms with E-state index in [0.717, 1.165) is 6.07 Å². The first-order chi connectivity index (χ1) is 6.36. The Kier molecular flexibility index (Phi) is 2.69. The number of nitriles is 1. The second-order valence-corrected chi connectivity index (χ2v) is 5.19. The normalized spacial score (nSPS) is 10.9. The van der Waals surface area contributed by atoms with Crippen LogP contribution in [-0.2, 0) is 9.05 Å². The minimum Gasteiger partial charge on any atom is -0.506 e. The number of rotatable bonds is 1. The molecule has 1 aromatic carbocycles. The molecule has 0 aliphatic carbocycles. The van der Waals surface area contributed by atoms with Crippen LogP contribution in [0.3, 0.4) is 0 Å². The molecule has 0 saturated carbocycles. The first-order valence-electron chi connectivity index (χ1n) is 3.54. The van der Waals surface area contributed by atoms with Gasteiger partial charge in [-0.2, -0.15) is 5.26 Å². The SMILES string of the molecule is Cc1cc(C#N)cc(O)c1S(=O)(=O)Cl. The van der Waals surface area contributed by atoms with Gasteiger partial charge in [0.2, 0.25) is 0 Å². The monoisotopic (exact) mass is 231 g/mol. The Bertz CT molecular complexity index is 493. The maximum atomic E-state index is 11.0. The summed E-state index contributed by atoms with van der Waals surface area (Å²) in [5.74, 6) is -0.503. The Morgan fingerprint density at radius 3 is 2.43 bits per heavy atom. The lowest BCUT2D eigenvalue weighted by molar-refractivity contribution is 0.458. The summed E-state index contributed by atoms with van der Waals surface area (Å²) < 4.78 is 22.0.